The highest BCUT2D eigenvalue weighted by atomic mass is 16.5. The van der Waals surface area contributed by atoms with Crippen molar-refractivity contribution < 1.29 is 9.53 Å². The van der Waals surface area contributed by atoms with Crippen LogP contribution in [0.2, 0.25) is 0 Å². The van der Waals surface area contributed by atoms with Gasteiger partial charge < -0.3 is 15.8 Å². The fourth-order valence-corrected chi connectivity index (χ4v) is 1.97. The predicted octanol–water partition coefficient (Wildman–Crippen LogP) is 1.08. The van der Waals surface area contributed by atoms with Crippen LogP contribution in [0.5, 0.6) is 0 Å². The first-order valence-electron chi connectivity index (χ1n) is 6.25. The summed E-state index contributed by atoms with van der Waals surface area (Å²) in [5.74, 6) is -0.282. The van der Waals surface area contributed by atoms with Gasteiger partial charge in [-0.3, -0.25) is 9.48 Å². The van der Waals surface area contributed by atoms with Gasteiger partial charge in [0.25, 0.3) is 5.91 Å². The Bertz CT molecular complexity index is 607. The molecule has 1 aromatic heterocycles. The molecule has 0 unspecified atom stereocenters. The predicted molar refractivity (Wildman–Crippen MR) is 75.9 cm³/mol. The molecule has 20 heavy (non-hydrogen) atoms. The van der Waals surface area contributed by atoms with Crippen molar-refractivity contribution in [1.29, 1.82) is 0 Å². The van der Waals surface area contributed by atoms with Crippen LogP contribution >= 0.6 is 0 Å². The number of nitrogens with zero attached hydrogens (tertiary/aromatic N) is 2. The molecule has 0 aliphatic rings. The lowest BCUT2D eigenvalue weighted by molar-refractivity contribution is 0.0945. The average molecular weight is 274 g/mol. The topological polar surface area (TPSA) is 82.2 Å². The Hall–Kier alpha value is -2.34. The third-order valence-corrected chi connectivity index (χ3v) is 2.93. The van der Waals surface area contributed by atoms with E-state index in [2.05, 4.69) is 10.4 Å². The lowest BCUT2D eigenvalue weighted by Crippen LogP contribution is -2.24. The fourth-order valence-electron chi connectivity index (χ4n) is 1.97. The van der Waals surface area contributed by atoms with Crippen molar-refractivity contribution in [3.8, 4) is 0 Å². The highest BCUT2D eigenvalue weighted by Crippen LogP contribution is 2.11. The van der Waals surface area contributed by atoms with Crippen LogP contribution in [-0.4, -0.2) is 22.8 Å². The van der Waals surface area contributed by atoms with Gasteiger partial charge in [0.15, 0.2) is 5.69 Å². The van der Waals surface area contributed by atoms with E-state index in [0.717, 1.165) is 11.1 Å². The van der Waals surface area contributed by atoms with Gasteiger partial charge in [0, 0.05) is 26.9 Å². The Kier molecular flexibility index (Phi) is 4.37. The second kappa shape index (κ2) is 6.21. The minimum absolute atomic E-state index is 0.247. The molecule has 0 atom stereocenters. The number of carbonyl (C=O) groups is 1. The zero-order valence-corrected chi connectivity index (χ0v) is 11.6. The van der Waals surface area contributed by atoms with E-state index in [1.54, 1.807) is 20.4 Å². The molecule has 1 amide bonds. The number of methoxy groups -OCH3 is 1. The number of rotatable bonds is 5. The molecular formula is C14H18N4O2. The normalized spacial score (nSPS) is 10.5. The molecule has 0 saturated carbocycles. The lowest BCUT2D eigenvalue weighted by Gasteiger charge is -2.09. The molecule has 1 heterocycles. The summed E-state index contributed by atoms with van der Waals surface area (Å²) in [6.07, 6.45) is 1.60. The summed E-state index contributed by atoms with van der Waals surface area (Å²) in [7, 11) is 3.37. The van der Waals surface area contributed by atoms with Crippen LogP contribution < -0.4 is 11.1 Å². The number of anilines is 1. The summed E-state index contributed by atoms with van der Waals surface area (Å²) in [6, 6.07) is 7.79. The molecule has 0 aliphatic carbocycles. The molecule has 106 valence electrons. The standard InChI is InChI=1S/C14H18N4O2/c1-18-8-12(15)13(17-18)14(19)16-7-10-5-3-4-6-11(10)9-20-2/h3-6,8H,7,9,15H2,1-2H3,(H,16,19). The van der Waals surface area contributed by atoms with Crippen LogP contribution in [0.1, 0.15) is 21.6 Å². The van der Waals surface area contributed by atoms with E-state index in [0.29, 0.717) is 18.8 Å². The van der Waals surface area contributed by atoms with Crippen molar-refractivity contribution in [2.24, 2.45) is 7.05 Å². The molecule has 6 heteroatoms. The molecular weight excluding hydrogens is 256 g/mol. The number of amides is 1. The average Bonchev–Trinajstić information content (AvgIpc) is 2.77. The second-order valence-electron chi connectivity index (χ2n) is 4.49. The fraction of sp³-hybridized carbons (Fsp3) is 0.286. The first-order valence-corrected chi connectivity index (χ1v) is 6.25. The number of ether oxygens (including phenoxy) is 1. The van der Waals surface area contributed by atoms with Crippen molar-refractivity contribution in [3.05, 3.63) is 47.3 Å². The second-order valence-corrected chi connectivity index (χ2v) is 4.49. The third-order valence-electron chi connectivity index (χ3n) is 2.93. The maximum absolute atomic E-state index is 12.0. The molecule has 0 saturated heterocycles. The summed E-state index contributed by atoms with van der Waals surface area (Å²) in [4.78, 5) is 12.0. The van der Waals surface area contributed by atoms with Crippen molar-refractivity contribution in [2.75, 3.05) is 12.8 Å². The maximum atomic E-state index is 12.0. The SMILES string of the molecule is COCc1ccccc1CNC(=O)c1nn(C)cc1N. The van der Waals surface area contributed by atoms with Gasteiger partial charge in [0.1, 0.15) is 0 Å². The van der Waals surface area contributed by atoms with Crippen molar-refractivity contribution in [2.45, 2.75) is 13.2 Å². The highest BCUT2D eigenvalue weighted by Gasteiger charge is 2.14. The first-order chi connectivity index (χ1) is 9.61. The van der Waals surface area contributed by atoms with Gasteiger partial charge >= 0.3 is 0 Å². The number of hydrogen-bond donors (Lipinski definition) is 2. The van der Waals surface area contributed by atoms with Crippen molar-refractivity contribution in [3.63, 3.8) is 0 Å². The largest absolute Gasteiger partial charge is 0.396 e. The van der Waals surface area contributed by atoms with Gasteiger partial charge in [-0.25, -0.2) is 0 Å². The maximum Gasteiger partial charge on any atom is 0.274 e. The number of aromatic nitrogens is 2. The molecule has 1 aromatic carbocycles. The van der Waals surface area contributed by atoms with Crippen LogP contribution in [0.3, 0.4) is 0 Å². The molecule has 6 nitrogen and oxygen atoms in total. The Balaban J connectivity index is 2.05. The smallest absolute Gasteiger partial charge is 0.274 e. The van der Waals surface area contributed by atoms with E-state index < -0.39 is 0 Å². The highest BCUT2D eigenvalue weighted by molar-refractivity contribution is 5.96. The van der Waals surface area contributed by atoms with E-state index in [1.807, 2.05) is 24.3 Å². The zero-order valence-electron chi connectivity index (χ0n) is 11.6. The Morgan fingerprint density at radius 1 is 1.40 bits per heavy atom. The number of aryl methyl sites for hydroxylation is 1. The van der Waals surface area contributed by atoms with E-state index in [-0.39, 0.29) is 11.6 Å². The minimum atomic E-state index is -0.282. The number of carbonyl (C=O) groups excluding carboxylic acids is 1. The summed E-state index contributed by atoms with van der Waals surface area (Å²) in [5.41, 5.74) is 8.40. The summed E-state index contributed by atoms with van der Waals surface area (Å²) < 4.78 is 6.65. The van der Waals surface area contributed by atoms with Gasteiger partial charge in [-0.2, -0.15) is 5.10 Å². The van der Waals surface area contributed by atoms with Crippen molar-refractivity contribution in [1.82, 2.24) is 15.1 Å². The number of nitrogen functional groups attached to an aromatic ring is 1. The van der Waals surface area contributed by atoms with Crippen LogP contribution in [0.4, 0.5) is 5.69 Å². The summed E-state index contributed by atoms with van der Waals surface area (Å²) in [5, 5.41) is 6.85. The summed E-state index contributed by atoms with van der Waals surface area (Å²) >= 11 is 0. The van der Waals surface area contributed by atoms with Crippen LogP contribution in [-0.2, 0) is 24.9 Å². The molecule has 2 aromatic rings. The zero-order chi connectivity index (χ0) is 14.5. The van der Waals surface area contributed by atoms with Crippen LogP contribution in [0, 0.1) is 0 Å². The molecule has 0 spiro atoms. The Morgan fingerprint density at radius 3 is 2.70 bits per heavy atom. The third kappa shape index (κ3) is 3.16. The van der Waals surface area contributed by atoms with Gasteiger partial charge in [-0.1, -0.05) is 24.3 Å². The molecule has 0 bridgehead atoms. The number of hydrogen-bond acceptors (Lipinski definition) is 4. The van der Waals surface area contributed by atoms with Gasteiger partial charge in [-0.05, 0) is 11.1 Å². The van der Waals surface area contributed by atoms with E-state index >= 15 is 0 Å². The van der Waals surface area contributed by atoms with Gasteiger partial charge in [-0.15, -0.1) is 0 Å². The monoisotopic (exact) mass is 274 g/mol. The van der Waals surface area contributed by atoms with Crippen molar-refractivity contribution >= 4 is 11.6 Å². The Labute approximate surface area is 117 Å². The van der Waals surface area contributed by atoms with Crippen LogP contribution in [0.15, 0.2) is 30.5 Å². The Morgan fingerprint density at radius 2 is 2.10 bits per heavy atom. The summed E-state index contributed by atoms with van der Waals surface area (Å²) in [6.45, 7) is 0.923. The van der Waals surface area contributed by atoms with Gasteiger partial charge in [0.05, 0.1) is 12.3 Å². The molecule has 2 rings (SSSR count). The first kappa shape index (κ1) is 14.1. The minimum Gasteiger partial charge on any atom is -0.396 e. The number of nitrogens with one attached hydrogen (secondary N) is 1. The lowest BCUT2D eigenvalue weighted by atomic mass is 10.1. The molecule has 0 fully saturated rings. The number of benzene rings is 1. The van der Waals surface area contributed by atoms with Crippen LogP contribution in [0.25, 0.3) is 0 Å². The molecule has 0 radical (unpaired) electrons. The molecule has 0 aliphatic heterocycles. The van der Waals surface area contributed by atoms with E-state index in [9.17, 15) is 4.79 Å². The van der Waals surface area contributed by atoms with Gasteiger partial charge in [0.2, 0.25) is 0 Å². The van der Waals surface area contributed by atoms with E-state index in [4.69, 9.17) is 10.5 Å². The quantitative estimate of drug-likeness (QED) is 0.854. The molecule has 3 N–H and O–H groups in total. The van der Waals surface area contributed by atoms with E-state index in [1.165, 1.54) is 4.68 Å². The number of nitrogens with two attached hydrogens (primary N) is 1.